The van der Waals surface area contributed by atoms with Crippen LogP contribution in [0.3, 0.4) is 0 Å². The largest absolute Gasteiger partial charge is 0.513 e. The Hall–Kier alpha value is -1.55. The maximum Gasteiger partial charge on any atom is 0.513 e. The maximum atomic E-state index is 11.8. The van der Waals surface area contributed by atoms with E-state index >= 15 is 0 Å². The lowest BCUT2D eigenvalue weighted by Crippen LogP contribution is -2.43. The molecule has 27 heavy (non-hydrogen) atoms. The van der Waals surface area contributed by atoms with Crippen LogP contribution in [0.15, 0.2) is 18.2 Å². The van der Waals surface area contributed by atoms with E-state index in [1.807, 2.05) is 12.1 Å². The predicted molar refractivity (Wildman–Crippen MR) is 104 cm³/mol. The third kappa shape index (κ3) is 3.37. The van der Waals surface area contributed by atoms with E-state index in [-0.39, 0.29) is 11.5 Å². The second-order valence-corrected chi connectivity index (χ2v) is 8.97. The molecule has 0 aromatic heterocycles. The lowest BCUT2D eigenvalue weighted by Gasteiger charge is -2.50. The Morgan fingerprint density at radius 1 is 1.26 bits per heavy atom. The third-order valence-electron chi connectivity index (χ3n) is 7.57. The molecule has 4 rings (SSSR count). The Morgan fingerprint density at radius 3 is 2.93 bits per heavy atom. The van der Waals surface area contributed by atoms with E-state index in [9.17, 15) is 9.90 Å². The minimum atomic E-state index is -0.606. The molecule has 0 saturated heterocycles. The minimum Gasteiger partial charge on any atom is -0.434 e. The van der Waals surface area contributed by atoms with Crippen molar-refractivity contribution in [2.45, 2.75) is 77.2 Å². The lowest BCUT2D eigenvalue weighted by atomic mass is 9.55. The molecule has 3 aliphatic carbocycles. The predicted octanol–water partition coefficient (Wildman–Crippen LogP) is 5.22. The van der Waals surface area contributed by atoms with Gasteiger partial charge in [0.1, 0.15) is 5.75 Å². The van der Waals surface area contributed by atoms with Gasteiger partial charge in [0.05, 0.1) is 12.7 Å². The summed E-state index contributed by atoms with van der Waals surface area (Å²) in [6.45, 7) is 4.78. The summed E-state index contributed by atoms with van der Waals surface area (Å²) < 4.78 is 10.5. The number of aliphatic hydroxyl groups is 1. The number of carbonyl (C=O) groups is 1. The van der Waals surface area contributed by atoms with E-state index in [0.29, 0.717) is 30.1 Å². The van der Waals surface area contributed by atoms with Gasteiger partial charge < -0.3 is 14.6 Å². The first-order valence-corrected chi connectivity index (χ1v) is 10.7. The molecule has 0 unspecified atom stereocenters. The fraction of sp³-hybridized carbons (Fsp3) is 0.696. The molecule has 5 atom stereocenters. The molecular weight excluding hydrogens is 340 g/mol. The highest BCUT2D eigenvalue weighted by atomic mass is 16.7. The second-order valence-electron chi connectivity index (χ2n) is 8.97. The zero-order chi connectivity index (χ0) is 19.0. The fourth-order valence-corrected chi connectivity index (χ4v) is 6.02. The second kappa shape index (κ2) is 7.46. The molecule has 4 nitrogen and oxygen atoms in total. The standard InChI is InChI=1S/C23H32O4/c1-3-4-13-26-22(25)27-16-6-8-17-15(14-16)5-7-19-18(17)11-12-23(2)20(19)9-10-21(23)24/h6,8,14,18-21,24H,3-5,7,9-13H2,1-2H3/t18-,19-,20+,21+,23+/m1/s1. The van der Waals surface area contributed by atoms with Gasteiger partial charge in [0, 0.05) is 0 Å². The molecule has 4 heteroatoms. The van der Waals surface area contributed by atoms with Gasteiger partial charge >= 0.3 is 6.16 Å². The molecule has 0 spiro atoms. The van der Waals surface area contributed by atoms with Gasteiger partial charge in [-0.3, -0.25) is 0 Å². The molecule has 3 aliphatic rings. The Labute approximate surface area is 162 Å². The number of unbranched alkanes of at least 4 members (excludes halogenated alkanes) is 1. The molecule has 1 N–H and O–H groups in total. The Kier molecular flexibility index (Phi) is 5.19. The first-order valence-electron chi connectivity index (χ1n) is 10.7. The number of hydrogen-bond donors (Lipinski definition) is 1. The van der Waals surface area contributed by atoms with Crippen molar-refractivity contribution < 1.29 is 19.4 Å². The molecular formula is C23H32O4. The molecule has 0 aliphatic heterocycles. The highest BCUT2D eigenvalue weighted by Crippen LogP contribution is 2.60. The number of carbonyl (C=O) groups excluding carboxylic acids is 1. The van der Waals surface area contributed by atoms with Crippen molar-refractivity contribution in [1.29, 1.82) is 0 Å². The SMILES string of the molecule is CCCCOC(=O)Oc1ccc2c(c1)CC[C@@H]1[C@@H]2CC[C@]2(C)[C@@H](O)CC[C@@H]12. The molecule has 0 heterocycles. The van der Waals surface area contributed by atoms with Gasteiger partial charge in [-0.15, -0.1) is 0 Å². The van der Waals surface area contributed by atoms with Crippen molar-refractivity contribution >= 4 is 6.16 Å². The van der Waals surface area contributed by atoms with Crippen LogP contribution >= 0.6 is 0 Å². The van der Waals surface area contributed by atoms with E-state index in [1.54, 1.807) is 0 Å². The topological polar surface area (TPSA) is 55.8 Å². The van der Waals surface area contributed by atoms with Crippen LogP contribution in [0.1, 0.15) is 75.8 Å². The first kappa shape index (κ1) is 18.8. The molecule has 0 amide bonds. The normalized spacial score (nSPS) is 34.3. The zero-order valence-corrected chi connectivity index (χ0v) is 16.6. The van der Waals surface area contributed by atoms with Gasteiger partial charge in [-0.2, -0.15) is 0 Å². The van der Waals surface area contributed by atoms with Gasteiger partial charge in [0.25, 0.3) is 0 Å². The Balaban J connectivity index is 1.47. The summed E-state index contributed by atoms with van der Waals surface area (Å²) >= 11 is 0. The summed E-state index contributed by atoms with van der Waals surface area (Å²) in [6.07, 6.45) is 7.72. The number of hydrogen-bond acceptors (Lipinski definition) is 4. The molecule has 1 aromatic rings. The Morgan fingerprint density at radius 2 is 2.11 bits per heavy atom. The van der Waals surface area contributed by atoms with Crippen molar-refractivity contribution in [2.75, 3.05) is 6.61 Å². The van der Waals surface area contributed by atoms with E-state index < -0.39 is 6.16 Å². The average molecular weight is 373 g/mol. The molecule has 2 saturated carbocycles. The third-order valence-corrected chi connectivity index (χ3v) is 7.57. The van der Waals surface area contributed by atoms with E-state index in [2.05, 4.69) is 19.9 Å². The van der Waals surface area contributed by atoms with Gasteiger partial charge in [-0.05, 0) is 91.4 Å². The van der Waals surface area contributed by atoms with Crippen LogP contribution in [0.25, 0.3) is 0 Å². The van der Waals surface area contributed by atoms with Crippen molar-refractivity contribution in [2.24, 2.45) is 17.3 Å². The van der Waals surface area contributed by atoms with Crippen LogP contribution < -0.4 is 4.74 Å². The van der Waals surface area contributed by atoms with E-state index in [1.165, 1.54) is 24.0 Å². The minimum absolute atomic E-state index is 0.115. The van der Waals surface area contributed by atoms with E-state index in [4.69, 9.17) is 9.47 Å². The molecule has 2 fully saturated rings. The van der Waals surface area contributed by atoms with Crippen LogP contribution in [0.4, 0.5) is 4.79 Å². The van der Waals surface area contributed by atoms with Crippen molar-refractivity contribution in [3.05, 3.63) is 29.3 Å². The highest BCUT2D eigenvalue weighted by molar-refractivity contribution is 5.64. The van der Waals surface area contributed by atoms with Crippen molar-refractivity contribution in [3.8, 4) is 5.75 Å². The number of aryl methyl sites for hydroxylation is 1. The molecule has 1 aromatic carbocycles. The number of ether oxygens (including phenoxy) is 2. The first-order chi connectivity index (χ1) is 13.0. The number of aliphatic hydroxyl groups excluding tert-OH is 1. The number of benzene rings is 1. The van der Waals surface area contributed by atoms with Gasteiger partial charge in [-0.1, -0.05) is 26.3 Å². The smallest absolute Gasteiger partial charge is 0.434 e. The Bertz CT molecular complexity index is 700. The molecule has 148 valence electrons. The summed E-state index contributed by atoms with van der Waals surface area (Å²) in [7, 11) is 0. The van der Waals surface area contributed by atoms with Crippen LogP contribution in [-0.4, -0.2) is 24.0 Å². The summed E-state index contributed by atoms with van der Waals surface area (Å²) in [6, 6.07) is 6.11. The molecule has 0 bridgehead atoms. The summed E-state index contributed by atoms with van der Waals surface area (Å²) in [5.74, 6) is 2.50. The van der Waals surface area contributed by atoms with Crippen LogP contribution in [0.5, 0.6) is 5.75 Å². The quantitative estimate of drug-likeness (QED) is 0.447. The van der Waals surface area contributed by atoms with Crippen LogP contribution in [-0.2, 0) is 11.2 Å². The lowest BCUT2D eigenvalue weighted by molar-refractivity contribution is -0.0226. The fourth-order valence-electron chi connectivity index (χ4n) is 6.02. The average Bonchev–Trinajstić information content (AvgIpc) is 2.96. The number of rotatable bonds is 4. The zero-order valence-electron chi connectivity index (χ0n) is 16.6. The maximum absolute atomic E-state index is 11.8. The van der Waals surface area contributed by atoms with Crippen molar-refractivity contribution in [3.63, 3.8) is 0 Å². The van der Waals surface area contributed by atoms with E-state index in [0.717, 1.165) is 38.5 Å². The van der Waals surface area contributed by atoms with Gasteiger partial charge in [-0.25, -0.2) is 4.79 Å². The van der Waals surface area contributed by atoms with Gasteiger partial charge in [0.2, 0.25) is 0 Å². The van der Waals surface area contributed by atoms with Crippen molar-refractivity contribution in [1.82, 2.24) is 0 Å². The summed E-state index contributed by atoms with van der Waals surface area (Å²) in [4.78, 5) is 11.8. The summed E-state index contributed by atoms with van der Waals surface area (Å²) in [5, 5.41) is 10.5. The van der Waals surface area contributed by atoms with Gasteiger partial charge in [0.15, 0.2) is 0 Å². The number of fused-ring (bicyclic) bond motifs is 5. The van der Waals surface area contributed by atoms with Crippen LogP contribution in [0, 0.1) is 17.3 Å². The van der Waals surface area contributed by atoms with Crippen LogP contribution in [0.2, 0.25) is 0 Å². The highest BCUT2D eigenvalue weighted by Gasteiger charge is 2.54. The summed E-state index contributed by atoms with van der Waals surface area (Å²) in [5.41, 5.74) is 2.86. The monoisotopic (exact) mass is 372 g/mol. The molecule has 0 radical (unpaired) electrons.